The van der Waals surface area contributed by atoms with Gasteiger partial charge < -0.3 is 0 Å². The van der Waals surface area contributed by atoms with Gasteiger partial charge in [0.2, 0.25) is 5.91 Å². The van der Waals surface area contributed by atoms with E-state index in [1.807, 2.05) is 29.6 Å². The molecule has 0 saturated heterocycles. The predicted molar refractivity (Wildman–Crippen MR) is 72.6 cm³/mol. The lowest BCUT2D eigenvalue weighted by Crippen LogP contribution is -2.36. The summed E-state index contributed by atoms with van der Waals surface area (Å²) in [4.78, 5) is 16.6. The van der Waals surface area contributed by atoms with Crippen LogP contribution in [0.15, 0.2) is 48.6 Å². The van der Waals surface area contributed by atoms with Gasteiger partial charge in [0.15, 0.2) is 0 Å². The van der Waals surface area contributed by atoms with Crippen LogP contribution in [0.3, 0.4) is 0 Å². The number of nitrogens with zero attached hydrogens (tertiary/aromatic N) is 1. The van der Waals surface area contributed by atoms with Crippen molar-refractivity contribution in [3.05, 3.63) is 59.1 Å². The van der Waals surface area contributed by atoms with E-state index in [-0.39, 0.29) is 5.91 Å². The Hall–Kier alpha value is -2.14. The van der Waals surface area contributed by atoms with E-state index in [0.29, 0.717) is 12.1 Å². The molecule has 1 amide bonds. The molecule has 0 aliphatic heterocycles. The smallest absolute Gasteiger partial charge is 0.243 e. The van der Waals surface area contributed by atoms with Crippen molar-refractivity contribution in [2.24, 2.45) is 0 Å². The first-order chi connectivity index (χ1) is 8.75. The molecule has 0 radical (unpaired) electrons. The zero-order chi connectivity index (χ0) is 12.8. The van der Waals surface area contributed by atoms with Gasteiger partial charge in [0.1, 0.15) is 0 Å². The number of rotatable bonds is 5. The third-order valence-corrected chi connectivity index (χ3v) is 3.17. The van der Waals surface area contributed by atoms with Gasteiger partial charge in [-0.1, -0.05) is 12.6 Å². The van der Waals surface area contributed by atoms with E-state index in [2.05, 4.69) is 22.4 Å². The molecule has 0 spiro atoms. The van der Waals surface area contributed by atoms with Crippen molar-refractivity contribution in [3.8, 4) is 0 Å². The molecule has 0 aliphatic rings. The number of amides is 1. The van der Waals surface area contributed by atoms with E-state index in [0.717, 1.165) is 10.4 Å². The van der Waals surface area contributed by atoms with Crippen LogP contribution in [0.25, 0.3) is 5.70 Å². The molecule has 0 unspecified atom stereocenters. The highest BCUT2D eigenvalue weighted by Crippen LogP contribution is 2.09. The number of pyridine rings is 1. The molecule has 92 valence electrons. The summed E-state index contributed by atoms with van der Waals surface area (Å²) in [6.07, 6.45) is 3.72. The summed E-state index contributed by atoms with van der Waals surface area (Å²) in [5.74, 6) is -0.0901. The molecule has 0 atom stereocenters. The van der Waals surface area contributed by atoms with Gasteiger partial charge >= 0.3 is 0 Å². The van der Waals surface area contributed by atoms with Gasteiger partial charge in [-0.2, -0.15) is 0 Å². The third kappa shape index (κ3) is 3.43. The summed E-state index contributed by atoms with van der Waals surface area (Å²) >= 11 is 1.56. The summed E-state index contributed by atoms with van der Waals surface area (Å²) in [7, 11) is 0. The second-order valence-corrected chi connectivity index (χ2v) is 4.68. The van der Waals surface area contributed by atoms with Crippen molar-refractivity contribution in [1.82, 2.24) is 15.8 Å². The van der Waals surface area contributed by atoms with Gasteiger partial charge in [0.05, 0.1) is 12.1 Å². The SMILES string of the molecule is C=C(NNC(=O)Cc1cccs1)c1ccncc1. The van der Waals surface area contributed by atoms with Crippen molar-refractivity contribution in [2.45, 2.75) is 6.42 Å². The number of thiophene rings is 1. The number of hydrogen-bond donors (Lipinski definition) is 2. The summed E-state index contributed by atoms with van der Waals surface area (Å²) in [5, 5.41) is 1.95. The van der Waals surface area contributed by atoms with Crippen LogP contribution in [0, 0.1) is 0 Å². The zero-order valence-electron chi connectivity index (χ0n) is 9.72. The van der Waals surface area contributed by atoms with Crippen molar-refractivity contribution in [3.63, 3.8) is 0 Å². The van der Waals surface area contributed by atoms with Crippen LogP contribution in [-0.4, -0.2) is 10.9 Å². The Morgan fingerprint density at radius 3 is 2.72 bits per heavy atom. The lowest BCUT2D eigenvalue weighted by molar-refractivity contribution is -0.121. The second kappa shape index (κ2) is 5.97. The van der Waals surface area contributed by atoms with Gasteiger partial charge in [-0.3, -0.25) is 20.6 Å². The predicted octanol–water partition coefficient (Wildman–Crippen LogP) is 1.98. The van der Waals surface area contributed by atoms with Crippen LogP contribution >= 0.6 is 11.3 Å². The zero-order valence-corrected chi connectivity index (χ0v) is 10.5. The van der Waals surface area contributed by atoms with E-state index in [1.54, 1.807) is 23.7 Å². The van der Waals surface area contributed by atoms with Crippen LogP contribution in [0.5, 0.6) is 0 Å². The molecule has 0 aliphatic carbocycles. The highest BCUT2D eigenvalue weighted by Gasteiger charge is 2.04. The fourth-order valence-electron chi connectivity index (χ4n) is 1.39. The fourth-order valence-corrected chi connectivity index (χ4v) is 2.09. The molecule has 2 heterocycles. The maximum absolute atomic E-state index is 11.6. The minimum atomic E-state index is -0.0901. The molecule has 2 N–H and O–H groups in total. The summed E-state index contributed by atoms with van der Waals surface area (Å²) < 4.78 is 0. The van der Waals surface area contributed by atoms with Crippen LogP contribution < -0.4 is 10.9 Å². The lowest BCUT2D eigenvalue weighted by atomic mass is 10.2. The Morgan fingerprint density at radius 2 is 2.06 bits per heavy atom. The van der Waals surface area contributed by atoms with Crippen molar-refractivity contribution in [2.75, 3.05) is 0 Å². The highest BCUT2D eigenvalue weighted by atomic mass is 32.1. The Kier molecular flexibility index (Phi) is 4.09. The van der Waals surface area contributed by atoms with Crippen LogP contribution in [-0.2, 0) is 11.2 Å². The van der Waals surface area contributed by atoms with Crippen molar-refractivity contribution < 1.29 is 4.79 Å². The fraction of sp³-hybridized carbons (Fsp3) is 0.0769. The van der Waals surface area contributed by atoms with Crippen LogP contribution in [0.2, 0.25) is 0 Å². The van der Waals surface area contributed by atoms with Crippen LogP contribution in [0.4, 0.5) is 0 Å². The molecule has 0 bridgehead atoms. The maximum atomic E-state index is 11.6. The van der Waals surface area contributed by atoms with E-state index in [1.165, 1.54) is 0 Å². The quantitative estimate of drug-likeness (QED) is 0.807. The van der Waals surface area contributed by atoms with E-state index in [9.17, 15) is 4.79 Å². The number of carbonyl (C=O) groups is 1. The van der Waals surface area contributed by atoms with Gasteiger partial charge in [-0.15, -0.1) is 11.3 Å². The molecule has 0 fully saturated rings. The van der Waals surface area contributed by atoms with Gasteiger partial charge in [-0.05, 0) is 23.6 Å². The molecule has 2 aromatic heterocycles. The van der Waals surface area contributed by atoms with E-state index < -0.39 is 0 Å². The van der Waals surface area contributed by atoms with Gasteiger partial charge in [0, 0.05) is 22.8 Å². The molecular formula is C13H13N3OS. The molecule has 0 aromatic carbocycles. The largest absolute Gasteiger partial charge is 0.299 e. The Bertz CT molecular complexity index is 522. The normalized spacial score (nSPS) is 9.78. The topological polar surface area (TPSA) is 54.0 Å². The minimum absolute atomic E-state index is 0.0901. The Balaban J connectivity index is 1.81. The first kappa shape index (κ1) is 12.3. The average molecular weight is 259 g/mol. The molecule has 5 heteroatoms. The summed E-state index contributed by atoms with van der Waals surface area (Å²) in [6.45, 7) is 3.84. The van der Waals surface area contributed by atoms with Gasteiger partial charge in [-0.25, -0.2) is 0 Å². The van der Waals surface area contributed by atoms with Gasteiger partial charge in [0.25, 0.3) is 0 Å². The number of nitrogens with one attached hydrogen (secondary N) is 2. The Labute approximate surface area is 109 Å². The number of carbonyl (C=O) groups excluding carboxylic acids is 1. The molecule has 0 saturated carbocycles. The number of hydrogen-bond acceptors (Lipinski definition) is 4. The van der Waals surface area contributed by atoms with E-state index in [4.69, 9.17) is 0 Å². The monoisotopic (exact) mass is 259 g/mol. The molecule has 2 aromatic rings. The van der Waals surface area contributed by atoms with Crippen LogP contribution in [0.1, 0.15) is 10.4 Å². The number of hydrazine groups is 1. The average Bonchev–Trinajstić information content (AvgIpc) is 2.90. The molecular weight excluding hydrogens is 246 g/mol. The van der Waals surface area contributed by atoms with Crippen molar-refractivity contribution in [1.29, 1.82) is 0 Å². The molecule has 2 rings (SSSR count). The Morgan fingerprint density at radius 1 is 1.28 bits per heavy atom. The molecule has 18 heavy (non-hydrogen) atoms. The lowest BCUT2D eigenvalue weighted by Gasteiger charge is -2.10. The maximum Gasteiger partial charge on any atom is 0.243 e. The second-order valence-electron chi connectivity index (χ2n) is 3.64. The third-order valence-electron chi connectivity index (χ3n) is 2.30. The first-order valence-electron chi connectivity index (χ1n) is 5.42. The van der Waals surface area contributed by atoms with E-state index >= 15 is 0 Å². The highest BCUT2D eigenvalue weighted by molar-refractivity contribution is 7.10. The van der Waals surface area contributed by atoms with Crippen molar-refractivity contribution >= 4 is 22.9 Å². The summed E-state index contributed by atoms with van der Waals surface area (Å²) in [5.41, 5.74) is 6.94. The molecule has 4 nitrogen and oxygen atoms in total. The standard InChI is InChI=1S/C13H13N3OS/c1-10(11-4-6-14-7-5-11)15-16-13(17)9-12-3-2-8-18-12/h2-8,15H,1,9H2,(H,16,17). The number of aromatic nitrogens is 1. The minimum Gasteiger partial charge on any atom is -0.299 e. The first-order valence-corrected chi connectivity index (χ1v) is 6.30. The summed E-state index contributed by atoms with van der Waals surface area (Å²) in [6, 6.07) is 7.50.